The van der Waals surface area contributed by atoms with Crippen LogP contribution in [0.3, 0.4) is 0 Å². The lowest BCUT2D eigenvalue weighted by Crippen LogP contribution is -2.27. The number of alkyl halides is 2. The van der Waals surface area contributed by atoms with Gasteiger partial charge in [-0.1, -0.05) is 0 Å². The average molecular weight is 336 g/mol. The summed E-state index contributed by atoms with van der Waals surface area (Å²) in [6.07, 6.45) is 2.37. The lowest BCUT2D eigenvalue weighted by molar-refractivity contribution is 0.0257. The molecular weight excluding hydrogens is 321 g/mol. The molecule has 126 valence electrons. The quantitative estimate of drug-likeness (QED) is 0.876. The van der Waals surface area contributed by atoms with Gasteiger partial charge in [-0.25, -0.2) is 18.7 Å². The molecule has 3 heterocycles. The predicted octanol–water partition coefficient (Wildman–Crippen LogP) is 3.02. The van der Waals surface area contributed by atoms with Gasteiger partial charge in [0.05, 0.1) is 17.8 Å². The van der Waals surface area contributed by atoms with E-state index in [2.05, 4.69) is 15.3 Å². The number of aromatic nitrogens is 2. The molecule has 1 N–H and O–H groups in total. The van der Waals surface area contributed by atoms with Crippen molar-refractivity contribution in [1.29, 1.82) is 0 Å². The Morgan fingerprint density at radius 1 is 1.29 bits per heavy atom. The number of anilines is 2. The fourth-order valence-corrected chi connectivity index (χ4v) is 2.55. The SMILES string of the molecule is Cc1ccnc(N2CCC(F)(F)C2)c1NC(=O)c1ccc(F)nc1. The first-order valence-corrected chi connectivity index (χ1v) is 7.37. The molecule has 3 rings (SSSR count). The Labute approximate surface area is 136 Å². The Balaban J connectivity index is 1.88. The number of carbonyl (C=O) groups is 1. The van der Waals surface area contributed by atoms with Crippen LogP contribution < -0.4 is 10.2 Å². The number of rotatable bonds is 3. The molecule has 2 aromatic heterocycles. The van der Waals surface area contributed by atoms with Crippen molar-refractivity contribution in [3.63, 3.8) is 0 Å². The predicted molar refractivity (Wildman–Crippen MR) is 82.9 cm³/mol. The molecular formula is C16H15F3N4O. The Bertz CT molecular complexity index is 764. The molecule has 0 spiro atoms. The number of nitrogens with one attached hydrogen (secondary N) is 1. The Kier molecular flexibility index (Phi) is 4.13. The third-order valence-corrected chi connectivity index (χ3v) is 3.84. The van der Waals surface area contributed by atoms with Gasteiger partial charge in [0.1, 0.15) is 0 Å². The molecule has 1 fully saturated rings. The van der Waals surface area contributed by atoms with Crippen molar-refractivity contribution >= 4 is 17.4 Å². The summed E-state index contributed by atoms with van der Waals surface area (Å²) in [4.78, 5) is 21.3. The molecule has 0 saturated carbocycles. The standard InChI is InChI=1S/C16H15F3N4O/c1-10-4-6-20-14(23-7-5-16(18,19)9-23)13(10)22-15(24)11-2-3-12(17)21-8-11/h2-4,6,8H,5,7,9H2,1H3,(H,22,24). The fraction of sp³-hybridized carbons (Fsp3) is 0.312. The summed E-state index contributed by atoms with van der Waals surface area (Å²) in [6.45, 7) is 1.47. The number of hydrogen-bond donors (Lipinski definition) is 1. The molecule has 0 aliphatic carbocycles. The van der Waals surface area contributed by atoms with Gasteiger partial charge in [-0.05, 0) is 30.7 Å². The van der Waals surface area contributed by atoms with Crippen LogP contribution in [0.4, 0.5) is 24.7 Å². The van der Waals surface area contributed by atoms with E-state index in [0.717, 1.165) is 12.3 Å². The Morgan fingerprint density at radius 3 is 2.71 bits per heavy atom. The van der Waals surface area contributed by atoms with Crippen LogP contribution >= 0.6 is 0 Å². The minimum Gasteiger partial charge on any atom is -0.349 e. The summed E-state index contributed by atoms with van der Waals surface area (Å²) in [5.41, 5.74) is 1.22. The summed E-state index contributed by atoms with van der Waals surface area (Å²) >= 11 is 0. The highest BCUT2D eigenvalue weighted by Crippen LogP contribution is 2.34. The van der Waals surface area contributed by atoms with E-state index in [1.807, 2.05) is 0 Å². The van der Waals surface area contributed by atoms with Crippen molar-refractivity contribution in [3.05, 3.63) is 47.7 Å². The third kappa shape index (κ3) is 3.32. The summed E-state index contributed by atoms with van der Waals surface area (Å²) in [5, 5.41) is 2.67. The van der Waals surface area contributed by atoms with Gasteiger partial charge >= 0.3 is 0 Å². The van der Waals surface area contributed by atoms with Crippen LogP contribution in [0.1, 0.15) is 22.3 Å². The zero-order chi connectivity index (χ0) is 17.3. The van der Waals surface area contributed by atoms with Gasteiger partial charge in [-0.3, -0.25) is 4.79 Å². The molecule has 1 amide bonds. The van der Waals surface area contributed by atoms with E-state index in [0.29, 0.717) is 17.1 Å². The van der Waals surface area contributed by atoms with Crippen molar-refractivity contribution in [2.24, 2.45) is 0 Å². The van der Waals surface area contributed by atoms with Gasteiger partial charge in [-0.2, -0.15) is 4.39 Å². The molecule has 8 heteroatoms. The van der Waals surface area contributed by atoms with Crippen molar-refractivity contribution in [3.8, 4) is 0 Å². The normalized spacial score (nSPS) is 16.2. The first-order chi connectivity index (χ1) is 11.4. The van der Waals surface area contributed by atoms with Crippen LogP contribution in [0, 0.1) is 12.9 Å². The fourth-order valence-electron chi connectivity index (χ4n) is 2.55. The molecule has 0 aromatic carbocycles. The number of hydrogen-bond acceptors (Lipinski definition) is 4. The van der Waals surface area contributed by atoms with Crippen LogP contribution in [-0.4, -0.2) is 34.9 Å². The highest BCUT2D eigenvalue weighted by Gasteiger charge is 2.39. The lowest BCUT2D eigenvalue weighted by atomic mass is 10.2. The summed E-state index contributed by atoms with van der Waals surface area (Å²) < 4.78 is 39.8. The number of carbonyl (C=O) groups excluding carboxylic acids is 1. The molecule has 1 aliphatic rings. The molecule has 24 heavy (non-hydrogen) atoms. The van der Waals surface area contributed by atoms with Crippen LogP contribution in [-0.2, 0) is 0 Å². The highest BCUT2D eigenvalue weighted by atomic mass is 19.3. The molecule has 0 radical (unpaired) electrons. The lowest BCUT2D eigenvalue weighted by Gasteiger charge is -2.21. The zero-order valence-electron chi connectivity index (χ0n) is 12.9. The number of amides is 1. The topological polar surface area (TPSA) is 58.1 Å². The number of aryl methyl sites for hydroxylation is 1. The first-order valence-electron chi connectivity index (χ1n) is 7.37. The molecule has 5 nitrogen and oxygen atoms in total. The van der Waals surface area contributed by atoms with E-state index < -0.39 is 24.3 Å². The van der Waals surface area contributed by atoms with E-state index in [4.69, 9.17) is 0 Å². The molecule has 0 bridgehead atoms. The summed E-state index contributed by atoms with van der Waals surface area (Å²) in [5.74, 6) is -3.67. The van der Waals surface area contributed by atoms with Gasteiger partial charge in [0.2, 0.25) is 5.95 Å². The smallest absolute Gasteiger partial charge is 0.266 e. The van der Waals surface area contributed by atoms with Crippen LogP contribution in [0.5, 0.6) is 0 Å². The first kappa shape index (κ1) is 16.2. The monoisotopic (exact) mass is 336 g/mol. The Hall–Kier alpha value is -2.64. The number of nitrogens with zero attached hydrogens (tertiary/aromatic N) is 3. The second-order valence-electron chi connectivity index (χ2n) is 5.68. The van der Waals surface area contributed by atoms with E-state index in [9.17, 15) is 18.0 Å². The van der Waals surface area contributed by atoms with Gasteiger partial charge < -0.3 is 10.2 Å². The number of pyridine rings is 2. The van der Waals surface area contributed by atoms with Crippen molar-refractivity contribution < 1.29 is 18.0 Å². The minimum atomic E-state index is -2.77. The van der Waals surface area contributed by atoms with Crippen LogP contribution in [0.2, 0.25) is 0 Å². The molecule has 0 atom stereocenters. The second kappa shape index (κ2) is 6.10. The van der Waals surface area contributed by atoms with Crippen molar-refractivity contribution in [2.75, 3.05) is 23.3 Å². The third-order valence-electron chi connectivity index (χ3n) is 3.84. The largest absolute Gasteiger partial charge is 0.349 e. The maximum atomic E-state index is 13.5. The van der Waals surface area contributed by atoms with E-state index in [1.165, 1.54) is 17.2 Å². The second-order valence-corrected chi connectivity index (χ2v) is 5.68. The van der Waals surface area contributed by atoms with Crippen molar-refractivity contribution in [2.45, 2.75) is 19.3 Å². The molecule has 1 saturated heterocycles. The summed E-state index contributed by atoms with van der Waals surface area (Å²) in [7, 11) is 0. The van der Waals surface area contributed by atoms with Crippen molar-refractivity contribution in [1.82, 2.24) is 9.97 Å². The molecule has 0 unspecified atom stereocenters. The molecule has 1 aliphatic heterocycles. The number of halogens is 3. The van der Waals surface area contributed by atoms with Gasteiger partial charge in [0, 0.05) is 25.4 Å². The Morgan fingerprint density at radius 2 is 2.08 bits per heavy atom. The average Bonchev–Trinajstić information content (AvgIpc) is 2.90. The summed E-state index contributed by atoms with van der Waals surface area (Å²) in [6, 6.07) is 4.05. The zero-order valence-corrected chi connectivity index (χ0v) is 12.9. The molecule has 2 aromatic rings. The minimum absolute atomic E-state index is 0.157. The highest BCUT2D eigenvalue weighted by molar-refractivity contribution is 6.06. The van der Waals surface area contributed by atoms with E-state index in [-0.39, 0.29) is 18.5 Å². The van der Waals surface area contributed by atoms with Gasteiger partial charge in [-0.15, -0.1) is 0 Å². The van der Waals surface area contributed by atoms with Gasteiger partial charge in [0.25, 0.3) is 11.8 Å². The van der Waals surface area contributed by atoms with Gasteiger partial charge in [0.15, 0.2) is 5.82 Å². The maximum absolute atomic E-state index is 13.5. The van der Waals surface area contributed by atoms with E-state index >= 15 is 0 Å². The van der Waals surface area contributed by atoms with E-state index in [1.54, 1.807) is 13.0 Å². The van der Waals surface area contributed by atoms with Crippen LogP contribution in [0.25, 0.3) is 0 Å². The van der Waals surface area contributed by atoms with Crippen LogP contribution in [0.15, 0.2) is 30.6 Å². The maximum Gasteiger partial charge on any atom is 0.266 e.